The number of ketones is 2. The third-order valence-corrected chi connectivity index (χ3v) is 14.2. The predicted molar refractivity (Wildman–Crippen MR) is 248 cm³/mol. The molecule has 2 aliphatic heterocycles. The molecule has 2 heterocycles. The van der Waals surface area contributed by atoms with Gasteiger partial charge in [-0.25, -0.2) is 4.79 Å². The lowest BCUT2D eigenvalue weighted by atomic mass is 9.78. The highest BCUT2D eigenvalue weighted by Crippen LogP contribution is 2.34. The van der Waals surface area contributed by atoms with E-state index < -0.39 is 78.4 Å². The first-order chi connectivity index (χ1) is 30.7. The number of ether oxygens (including phenoxy) is 4. The average molecular weight is 918 g/mol. The second-order valence-electron chi connectivity index (χ2n) is 19.5. The van der Waals surface area contributed by atoms with Gasteiger partial charge in [-0.1, -0.05) is 71.1 Å². The molecule has 1 saturated heterocycles. The number of aliphatic hydroxyl groups excluding tert-OH is 5. The van der Waals surface area contributed by atoms with Crippen LogP contribution in [0.25, 0.3) is 0 Å². The van der Waals surface area contributed by atoms with Crippen molar-refractivity contribution in [3.8, 4) is 0 Å². The van der Waals surface area contributed by atoms with Gasteiger partial charge in [0.1, 0.15) is 30.1 Å². The van der Waals surface area contributed by atoms with Crippen LogP contribution in [0.5, 0.6) is 0 Å². The van der Waals surface area contributed by atoms with Crippen molar-refractivity contribution in [2.75, 3.05) is 27.9 Å². The molecule has 1 unspecified atom stereocenters. The van der Waals surface area contributed by atoms with Crippen molar-refractivity contribution >= 4 is 23.4 Å². The number of amides is 1. The summed E-state index contributed by atoms with van der Waals surface area (Å²) >= 11 is 0. The van der Waals surface area contributed by atoms with Crippen LogP contribution in [-0.2, 0) is 38.1 Å². The smallest absolute Gasteiger partial charge is 0.329 e. The van der Waals surface area contributed by atoms with Gasteiger partial charge in [-0.3, -0.25) is 14.4 Å². The fourth-order valence-electron chi connectivity index (χ4n) is 9.73. The van der Waals surface area contributed by atoms with E-state index in [9.17, 15) is 44.7 Å². The molecule has 65 heavy (non-hydrogen) atoms. The molecular weight excluding hydrogens is 835 g/mol. The van der Waals surface area contributed by atoms with Gasteiger partial charge in [0.2, 0.25) is 0 Å². The van der Waals surface area contributed by atoms with Gasteiger partial charge < -0.3 is 49.4 Å². The van der Waals surface area contributed by atoms with Crippen molar-refractivity contribution in [3.63, 3.8) is 0 Å². The maximum atomic E-state index is 14.2. The number of carbonyl (C=O) groups excluding carboxylic acids is 4. The monoisotopic (exact) mass is 918 g/mol. The molecule has 1 amide bonds. The summed E-state index contributed by atoms with van der Waals surface area (Å²) in [7, 11) is 4.51. The second kappa shape index (κ2) is 27.7. The largest absolute Gasteiger partial charge is 0.460 e. The van der Waals surface area contributed by atoms with E-state index in [4.69, 9.17) is 18.9 Å². The number of esters is 1. The molecule has 1 saturated carbocycles. The number of cyclic esters (lactones) is 1. The minimum atomic E-state index is -1.82. The molecule has 0 radical (unpaired) electrons. The van der Waals surface area contributed by atoms with Crippen LogP contribution in [0.15, 0.2) is 47.6 Å². The first kappa shape index (κ1) is 56.2. The maximum Gasteiger partial charge on any atom is 0.329 e. The van der Waals surface area contributed by atoms with Gasteiger partial charge in [0.15, 0.2) is 11.9 Å². The average Bonchev–Trinajstić information content (AvgIpc) is 3.28. The number of piperidine rings is 1. The van der Waals surface area contributed by atoms with E-state index in [1.165, 1.54) is 12.0 Å². The molecule has 14 heteroatoms. The molecule has 1 aliphatic carbocycles. The highest BCUT2D eigenvalue weighted by Gasteiger charge is 2.42. The van der Waals surface area contributed by atoms with Gasteiger partial charge in [0, 0.05) is 52.6 Å². The van der Waals surface area contributed by atoms with Crippen molar-refractivity contribution in [2.45, 2.75) is 186 Å². The Labute approximate surface area is 388 Å². The van der Waals surface area contributed by atoms with Gasteiger partial charge in [0.05, 0.1) is 30.5 Å². The number of hydrogen-bond donors (Lipinski definition) is 5. The van der Waals surface area contributed by atoms with E-state index in [0.29, 0.717) is 56.9 Å². The van der Waals surface area contributed by atoms with E-state index in [1.807, 2.05) is 58.1 Å². The number of methoxy groups -OCH3 is 3. The molecule has 0 aromatic carbocycles. The molecule has 3 rings (SSSR count). The fourth-order valence-corrected chi connectivity index (χ4v) is 9.73. The minimum absolute atomic E-state index is 0.0241. The second-order valence-corrected chi connectivity index (χ2v) is 19.5. The zero-order valence-electron chi connectivity index (χ0n) is 40.8. The first-order valence-electron chi connectivity index (χ1n) is 24.0. The van der Waals surface area contributed by atoms with Crippen LogP contribution in [0.4, 0.5) is 0 Å². The molecule has 0 aromatic heterocycles. The lowest BCUT2D eigenvalue weighted by Gasteiger charge is -2.38. The molecule has 0 bridgehead atoms. The number of fused-ring (bicyclic) bond motifs is 1. The number of nitrogens with zero attached hydrogens (tertiary/aromatic N) is 1. The normalized spacial score (nSPS) is 39.9. The number of aliphatic hydroxyl groups is 5. The lowest BCUT2D eigenvalue weighted by molar-refractivity contribution is -0.169. The van der Waals surface area contributed by atoms with Crippen molar-refractivity contribution < 1.29 is 63.7 Å². The Morgan fingerprint density at radius 2 is 1.49 bits per heavy atom. The van der Waals surface area contributed by atoms with Crippen LogP contribution in [0.3, 0.4) is 0 Å². The van der Waals surface area contributed by atoms with E-state index in [1.54, 1.807) is 41.1 Å². The maximum absolute atomic E-state index is 14.2. The van der Waals surface area contributed by atoms with Gasteiger partial charge in [-0.2, -0.15) is 0 Å². The standard InChI is InChI=1S/C51H83NO13/c1-30-16-12-11-13-17-31(2)42(62-8)28-38(53)21-19-32(3)45(56)48(59)50(60)52-23-15-14-18-39(52)51(61)65-43(34(5)26-37-20-22-40(54)44(27-37)63-9)29-41(55)33(4)25-36(7)47(58)49(64-10)46(57)35(6)24-30/h11-13,16-17,25,30,32-35,37-40,42-45,47-49,53-54,56,58-59H,14-15,18-24,26-29H2,1-10H3/b13-11+,16-12+,31-17+,36-25+/t30-,32-,33-,34-,35-,37+,38+,39+,40-,42+,43+,44-,45-,47-,48?,49+/m1/s1. The number of carbonyl (C=O) groups is 4. The van der Waals surface area contributed by atoms with Gasteiger partial charge in [-0.05, 0) is 113 Å². The number of Topliss-reactive ketones (excluding diaryl/α,β-unsaturated/α-hetero) is 2. The molecule has 16 atom stereocenters. The summed E-state index contributed by atoms with van der Waals surface area (Å²) in [5, 5.41) is 55.4. The molecule has 2 fully saturated rings. The molecule has 5 N–H and O–H groups in total. The van der Waals surface area contributed by atoms with E-state index in [0.717, 1.165) is 12.0 Å². The Bertz CT molecular complexity index is 1640. The highest BCUT2D eigenvalue weighted by molar-refractivity contribution is 5.88. The fraction of sp³-hybridized carbons (Fsp3) is 0.765. The Hall–Kier alpha value is -3.08. The summed E-state index contributed by atoms with van der Waals surface area (Å²) in [5.41, 5.74) is 1.28. The number of rotatable bonds is 6. The van der Waals surface area contributed by atoms with Crippen LogP contribution in [0, 0.1) is 35.5 Å². The third kappa shape index (κ3) is 16.9. The van der Waals surface area contributed by atoms with Gasteiger partial charge in [0.25, 0.3) is 5.91 Å². The van der Waals surface area contributed by atoms with E-state index >= 15 is 0 Å². The highest BCUT2D eigenvalue weighted by atomic mass is 16.5. The van der Waals surface area contributed by atoms with Crippen LogP contribution in [0.1, 0.15) is 126 Å². The Morgan fingerprint density at radius 3 is 2.15 bits per heavy atom. The van der Waals surface area contributed by atoms with Gasteiger partial charge in [-0.15, -0.1) is 0 Å². The van der Waals surface area contributed by atoms with Crippen molar-refractivity contribution in [1.29, 1.82) is 0 Å². The molecular formula is C51H83NO13. The minimum Gasteiger partial charge on any atom is -0.460 e. The van der Waals surface area contributed by atoms with Crippen molar-refractivity contribution in [1.82, 2.24) is 4.90 Å². The summed E-state index contributed by atoms with van der Waals surface area (Å²) in [6, 6.07) is -1.05. The van der Waals surface area contributed by atoms with Crippen LogP contribution >= 0.6 is 0 Å². The predicted octanol–water partition coefficient (Wildman–Crippen LogP) is 5.61. The number of allylic oxidation sites excluding steroid dienone is 6. The summed E-state index contributed by atoms with van der Waals surface area (Å²) in [4.78, 5) is 57.2. The molecule has 370 valence electrons. The molecule has 14 nitrogen and oxygen atoms in total. The molecule has 0 spiro atoms. The van der Waals surface area contributed by atoms with Crippen LogP contribution in [-0.4, -0.2) is 143 Å². The van der Waals surface area contributed by atoms with E-state index in [2.05, 4.69) is 0 Å². The van der Waals surface area contributed by atoms with Gasteiger partial charge >= 0.3 is 5.97 Å². The molecule has 3 aliphatic rings. The third-order valence-electron chi connectivity index (χ3n) is 14.2. The Kier molecular flexibility index (Phi) is 23.9. The lowest BCUT2D eigenvalue weighted by Crippen LogP contribution is -2.55. The molecule has 0 aromatic rings. The Balaban J connectivity index is 1.97. The first-order valence-corrected chi connectivity index (χ1v) is 24.0. The van der Waals surface area contributed by atoms with Crippen LogP contribution < -0.4 is 0 Å². The SMILES string of the molecule is CO[C@H]1C[C@@H](O)CC[C@@H](C)[C@@H](O)C(O)C(=O)N2CCCC[C@H]2C(=O)O[C@H]([C@H](C)C[C@@H]2CC[C@@H](O)[C@H](OC)C2)CC(=O)[C@H](C)/C=C(\C)[C@@H](O)[C@@H](OC)C(=O)[C@H](C)C[C@H](C)/C=C/C=C/C=C/1C. The topological polar surface area (TPSA) is 210 Å². The van der Waals surface area contributed by atoms with Crippen molar-refractivity contribution in [2.24, 2.45) is 35.5 Å². The number of hydrogen-bond acceptors (Lipinski definition) is 13. The summed E-state index contributed by atoms with van der Waals surface area (Å²) in [5.74, 6) is -3.93. The zero-order chi connectivity index (χ0) is 48.5. The zero-order valence-corrected chi connectivity index (χ0v) is 40.8. The van der Waals surface area contributed by atoms with Crippen LogP contribution in [0.2, 0.25) is 0 Å². The summed E-state index contributed by atoms with van der Waals surface area (Å²) in [6.07, 6.45) is 7.58. The summed E-state index contributed by atoms with van der Waals surface area (Å²) < 4.78 is 23.0. The Morgan fingerprint density at radius 1 is 0.785 bits per heavy atom. The quantitative estimate of drug-likeness (QED) is 0.162. The van der Waals surface area contributed by atoms with E-state index in [-0.39, 0.29) is 67.3 Å². The van der Waals surface area contributed by atoms with Crippen molar-refractivity contribution in [3.05, 3.63) is 47.6 Å². The summed E-state index contributed by atoms with van der Waals surface area (Å²) in [6.45, 7) is 12.9.